The smallest absolute Gasteiger partial charge is 0.409 e. The van der Waals surface area contributed by atoms with Gasteiger partial charge in [0.15, 0.2) is 0 Å². The average Bonchev–Trinajstić information content (AvgIpc) is 3.16. The third kappa shape index (κ3) is 6.84. The summed E-state index contributed by atoms with van der Waals surface area (Å²) in [5, 5.41) is 8.97. The second-order valence-electron chi connectivity index (χ2n) is 9.42. The minimum atomic E-state index is -0.932. The number of carboxylic acids is 1. The zero-order valence-corrected chi connectivity index (χ0v) is 20.9. The first kappa shape index (κ1) is 26.3. The van der Waals surface area contributed by atoms with E-state index < -0.39 is 12.1 Å². The number of carboxylic acid groups (broad SMARTS) is 1. The third-order valence-corrected chi connectivity index (χ3v) is 6.22. The zero-order chi connectivity index (χ0) is 25.4. The van der Waals surface area contributed by atoms with Crippen LogP contribution < -0.4 is 0 Å². The van der Waals surface area contributed by atoms with Crippen molar-refractivity contribution in [3.05, 3.63) is 59.7 Å². The average molecular weight is 481 g/mol. The van der Waals surface area contributed by atoms with Gasteiger partial charge in [-0.1, -0.05) is 69.3 Å². The Labute approximate surface area is 207 Å². The molecule has 1 aliphatic rings. The predicted molar refractivity (Wildman–Crippen MR) is 135 cm³/mol. The monoisotopic (exact) mass is 480 g/mol. The molecule has 0 saturated heterocycles. The highest BCUT2D eigenvalue weighted by Crippen LogP contribution is 2.44. The van der Waals surface area contributed by atoms with Gasteiger partial charge in [0.25, 0.3) is 0 Å². The number of nitrogens with zero attached hydrogens (tertiary/aromatic N) is 2. The molecule has 3 rings (SSSR count). The fourth-order valence-corrected chi connectivity index (χ4v) is 4.63. The van der Waals surface area contributed by atoms with E-state index in [1.54, 1.807) is 9.80 Å². The summed E-state index contributed by atoms with van der Waals surface area (Å²) in [6.45, 7) is 7.61. The Morgan fingerprint density at radius 2 is 1.46 bits per heavy atom. The van der Waals surface area contributed by atoms with E-state index in [0.717, 1.165) is 17.5 Å². The van der Waals surface area contributed by atoms with Gasteiger partial charge in [-0.25, -0.2) is 4.79 Å². The highest BCUT2D eigenvalue weighted by molar-refractivity contribution is 5.79. The van der Waals surface area contributed by atoms with Gasteiger partial charge in [-0.2, -0.15) is 0 Å². The molecule has 0 fully saturated rings. The second-order valence-corrected chi connectivity index (χ2v) is 9.42. The fraction of sp³-hybridized carbons (Fsp3) is 0.464. The number of carbonyl (C=O) groups excluding carboxylic acids is 2. The van der Waals surface area contributed by atoms with Crippen LogP contribution in [-0.4, -0.2) is 65.7 Å². The molecule has 0 spiro atoms. The number of amides is 2. The molecule has 1 aliphatic carbocycles. The molecule has 0 bridgehead atoms. The summed E-state index contributed by atoms with van der Waals surface area (Å²) in [7, 11) is 0. The van der Waals surface area contributed by atoms with Crippen molar-refractivity contribution in [2.24, 2.45) is 5.92 Å². The summed E-state index contributed by atoms with van der Waals surface area (Å²) in [5.74, 6) is -0.887. The van der Waals surface area contributed by atoms with Gasteiger partial charge < -0.3 is 19.6 Å². The molecule has 0 radical (unpaired) electrons. The molecule has 2 aromatic rings. The second kappa shape index (κ2) is 12.4. The van der Waals surface area contributed by atoms with Crippen LogP contribution in [0, 0.1) is 5.92 Å². The lowest BCUT2D eigenvalue weighted by Crippen LogP contribution is -2.40. The van der Waals surface area contributed by atoms with Crippen molar-refractivity contribution >= 4 is 18.0 Å². The van der Waals surface area contributed by atoms with Gasteiger partial charge >= 0.3 is 12.1 Å². The van der Waals surface area contributed by atoms with E-state index in [-0.39, 0.29) is 50.3 Å². The Hall–Kier alpha value is -3.35. The molecule has 35 heavy (non-hydrogen) atoms. The van der Waals surface area contributed by atoms with Crippen molar-refractivity contribution in [1.29, 1.82) is 0 Å². The molecule has 2 aromatic carbocycles. The molecule has 188 valence electrons. The van der Waals surface area contributed by atoms with Crippen LogP contribution >= 0.6 is 0 Å². The summed E-state index contributed by atoms with van der Waals surface area (Å²) in [6.07, 6.45) is 0.360. The van der Waals surface area contributed by atoms with E-state index in [1.807, 2.05) is 45.0 Å². The molecule has 0 aromatic heterocycles. The van der Waals surface area contributed by atoms with E-state index in [1.165, 1.54) is 11.1 Å². The Morgan fingerprint density at radius 1 is 0.886 bits per heavy atom. The number of hydrogen-bond donors (Lipinski definition) is 1. The maximum Gasteiger partial charge on any atom is 0.409 e. The molecule has 0 unspecified atom stereocenters. The van der Waals surface area contributed by atoms with Gasteiger partial charge in [0, 0.05) is 38.5 Å². The van der Waals surface area contributed by atoms with E-state index in [4.69, 9.17) is 9.84 Å². The van der Waals surface area contributed by atoms with Gasteiger partial charge in [0.05, 0.1) is 6.42 Å². The number of hydrogen-bond acceptors (Lipinski definition) is 4. The van der Waals surface area contributed by atoms with E-state index in [9.17, 15) is 14.4 Å². The van der Waals surface area contributed by atoms with Crippen LogP contribution in [0.2, 0.25) is 0 Å². The lowest BCUT2D eigenvalue weighted by Gasteiger charge is -2.27. The van der Waals surface area contributed by atoms with Crippen LogP contribution in [0.15, 0.2) is 48.5 Å². The molecule has 0 heterocycles. The standard InChI is InChI=1S/C28H36N2O5/c1-4-15-29(17-14-27(32)33)26(31)13-16-30(18-20(2)3)28(34)35-19-25-23-11-7-5-9-21(23)22-10-6-8-12-24(22)25/h5-12,20,25H,4,13-19H2,1-3H3,(H,32,33). The first-order chi connectivity index (χ1) is 16.8. The number of benzene rings is 2. The van der Waals surface area contributed by atoms with Crippen molar-refractivity contribution in [2.45, 2.75) is 46.0 Å². The zero-order valence-electron chi connectivity index (χ0n) is 20.9. The normalized spacial score (nSPS) is 12.2. The topological polar surface area (TPSA) is 87.2 Å². The van der Waals surface area contributed by atoms with Gasteiger partial charge in [-0.3, -0.25) is 9.59 Å². The molecule has 0 atom stereocenters. The number of ether oxygens (including phenoxy) is 1. The number of fused-ring (bicyclic) bond motifs is 3. The van der Waals surface area contributed by atoms with Crippen LogP contribution in [0.3, 0.4) is 0 Å². The molecule has 7 heteroatoms. The third-order valence-electron chi connectivity index (χ3n) is 6.22. The maximum atomic E-state index is 13.1. The molecule has 7 nitrogen and oxygen atoms in total. The minimum Gasteiger partial charge on any atom is -0.481 e. The van der Waals surface area contributed by atoms with Crippen molar-refractivity contribution in [3.8, 4) is 11.1 Å². The van der Waals surface area contributed by atoms with Crippen LogP contribution in [0.1, 0.15) is 57.1 Å². The fourth-order valence-electron chi connectivity index (χ4n) is 4.63. The number of aliphatic carboxylic acids is 1. The van der Waals surface area contributed by atoms with E-state index >= 15 is 0 Å². The Kier molecular flexibility index (Phi) is 9.29. The Bertz CT molecular complexity index is 990. The maximum absolute atomic E-state index is 13.1. The van der Waals surface area contributed by atoms with Gasteiger partial charge in [0.2, 0.25) is 5.91 Å². The number of carbonyl (C=O) groups is 3. The van der Waals surface area contributed by atoms with Gasteiger partial charge in [-0.05, 0) is 34.6 Å². The quantitative estimate of drug-likeness (QED) is 0.462. The predicted octanol–water partition coefficient (Wildman–Crippen LogP) is 5.00. The molecule has 0 aliphatic heterocycles. The first-order valence-electron chi connectivity index (χ1n) is 12.4. The summed E-state index contributed by atoms with van der Waals surface area (Å²) < 4.78 is 5.81. The summed E-state index contributed by atoms with van der Waals surface area (Å²) >= 11 is 0. The van der Waals surface area contributed by atoms with Crippen molar-refractivity contribution < 1.29 is 24.2 Å². The summed E-state index contributed by atoms with van der Waals surface area (Å²) in [5.41, 5.74) is 4.65. The largest absolute Gasteiger partial charge is 0.481 e. The first-order valence-corrected chi connectivity index (χ1v) is 12.4. The minimum absolute atomic E-state index is 0.0232. The highest BCUT2D eigenvalue weighted by atomic mass is 16.6. The van der Waals surface area contributed by atoms with E-state index in [0.29, 0.717) is 13.1 Å². The highest BCUT2D eigenvalue weighted by Gasteiger charge is 2.30. The molecule has 2 amide bonds. The van der Waals surface area contributed by atoms with E-state index in [2.05, 4.69) is 24.3 Å². The summed E-state index contributed by atoms with van der Waals surface area (Å²) in [4.78, 5) is 39.9. The van der Waals surface area contributed by atoms with Crippen LogP contribution in [0.25, 0.3) is 11.1 Å². The lowest BCUT2D eigenvalue weighted by atomic mass is 9.98. The van der Waals surface area contributed by atoms with Crippen molar-refractivity contribution in [3.63, 3.8) is 0 Å². The van der Waals surface area contributed by atoms with Crippen molar-refractivity contribution in [1.82, 2.24) is 9.80 Å². The van der Waals surface area contributed by atoms with Crippen molar-refractivity contribution in [2.75, 3.05) is 32.8 Å². The van der Waals surface area contributed by atoms with Crippen LogP contribution in [0.4, 0.5) is 4.79 Å². The number of rotatable bonds is 12. The van der Waals surface area contributed by atoms with Gasteiger partial charge in [0.1, 0.15) is 6.61 Å². The Balaban J connectivity index is 1.64. The lowest BCUT2D eigenvalue weighted by molar-refractivity contribution is -0.138. The molecular weight excluding hydrogens is 444 g/mol. The molecule has 0 saturated carbocycles. The van der Waals surface area contributed by atoms with Gasteiger partial charge in [-0.15, -0.1) is 0 Å². The Morgan fingerprint density at radius 3 is 2.00 bits per heavy atom. The van der Waals surface area contributed by atoms with Crippen LogP contribution in [0.5, 0.6) is 0 Å². The van der Waals surface area contributed by atoms with Crippen LogP contribution in [-0.2, 0) is 14.3 Å². The molecule has 1 N–H and O–H groups in total. The molecular formula is C28H36N2O5. The summed E-state index contributed by atoms with van der Waals surface area (Å²) in [6, 6.07) is 16.4. The SMILES string of the molecule is CCCN(CCC(=O)O)C(=O)CCN(CC(C)C)C(=O)OCC1c2ccccc2-c2ccccc21.